The van der Waals surface area contributed by atoms with Gasteiger partial charge < -0.3 is 5.32 Å². The Morgan fingerprint density at radius 3 is 2.25 bits per heavy atom. The summed E-state index contributed by atoms with van der Waals surface area (Å²) in [6.07, 6.45) is -3.15. The fourth-order valence-corrected chi connectivity index (χ4v) is 4.33. The molecule has 1 aliphatic rings. The van der Waals surface area contributed by atoms with E-state index in [4.69, 9.17) is 11.6 Å². The van der Waals surface area contributed by atoms with Gasteiger partial charge >= 0.3 is 6.18 Å². The van der Waals surface area contributed by atoms with Crippen LogP contribution in [0, 0.1) is 5.41 Å². The molecule has 28 heavy (non-hydrogen) atoms. The molecule has 0 heterocycles. The number of amides is 1. The summed E-state index contributed by atoms with van der Waals surface area (Å²) in [5, 5.41) is 3.01. The lowest BCUT2D eigenvalue weighted by Crippen LogP contribution is -2.53. The second-order valence-corrected chi connectivity index (χ2v) is 9.90. The van der Waals surface area contributed by atoms with Crippen molar-refractivity contribution in [1.29, 1.82) is 0 Å². The predicted octanol–water partition coefficient (Wildman–Crippen LogP) is 4.73. The Labute approximate surface area is 168 Å². The Kier molecular flexibility index (Phi) is 6.31. The number of carbonyl (C=O) groups is 1. The summed E-state index contributed by atoms with van der Waals surface area (Å²) in [5.41, 5.74) is -2.48. The number of rotatable bonds is 5. The summed E-state index contributed by atoms with van der Waals surface area (Å²) in [4.78, 5) is 12.8. The third-order valence-corrected chi connectivity index (χ3v) is 6.35. The summed E-state index contributed by atoms with van der Waals surface area (Å²) >= 11 is 5.93. The van der Waals surface area contributed by atoms with Crippen LogP contribution in [-0.4, -0.2) is 32.3 Å². The number of hydrogen-bond donors (Lipinski definition) is 2. The molecule has 1 aliphatic carbocycles. The van der Waals surface area contributed by atoms with Crippen molar-refractivity contribution in [2.45, 2.75) is 57.7 Å². The molecule has 0 bridgehead atoms. The lowest BCUT2D eigenvalue weighted by atomic mass is 9.66. The maximum absolute atomic E-state index is 13.5. The van der Waals surface area contributed by atoms with Crippen LogP contribution in [0.3, 0.4) is 0 Å². The van der Waals surface area contributed by atoms with E-state index in [0.29, 0.717) is 0 Å². The van der Waals surface area contributed by atoms with Crippen LogP contribution in [0.25, 0.3) is 0 Å². The van der Waals surface area contributed by atoms with Crippen molar-refractivity contribution in [3.8, 4) is 0 Å². The highest BCUT2D eigenvalue weighted by atomic mass is 35.5. The van der Waals surface area contributed by atoms with Gasteiger partial charge in [-0.15, -0.1) is 0 Å². The first-order valence-corrected chi connectivity index (χ1v) is 11.1. The zero-order chi connectivity index (χ0) is 21.4. The number of halogens is 4. The molecule has 1 saturated carbocycles. The number of benzene rings is 1. The molecule has 0 unspecified atom stereocenters. The van der Waals surface area contributed by atoms with E-state index >= 15 is 0 Å². The van der Waals surface area contributed by atoms with Crippen molar-refractivity contribution in [2.75, 3.05) is 11.0 Å². The van der Waals surface area contributed by atoms with E-state index in [0.717, 1.165) is 6.26 Å². The number of anilines is 1. The van der Waals surface area contributed by atoms with Gasteiger partial charge in [-0.3, -0.25) is 9.52 Å². The first-order chi connectivity index (χ1) is 12.7. The second kappa shape index (κ2) is 7.74. The van der Waals surface area contributed by atoms with E-state index in [2.05, 4.69) is 10.0 Å². The van der Waals surface area contributed by atoms with Crippen LogP contribution in [0.15, 0.2) is 18.2 Å². The van der Waals surface area contributed by atoms with Gasteiger partial charge in [-0.25, -0.2) is 8.42 Å². The van der Waals surface area contributed by atoms with Crippen LogP contribution in [0.2, 0.25) is 5.02 Å². The molecule has 0 saturated heterocycles. The Morgan fingerprint density at radius 1 is 1.21 bits per heavy atom. The predicted molar refractivity (Wildman–Crippen MR) is 103 cm³/mol. The maximum atomic E-state index is 13.5. The van der Waals surface area contributed by atoms with Gasteiger partial charge in [-0.2, -0.15) is 13.2 Å². The van der Waals surface area contributed by atoms with E-state index in [1.165, 1.54) is 25.1 Å². The van der Waals surface area contributed by atoms with E-state index in [9.17, 15) is 26.4 Å². The van der Waals surface area contributed by atoms with Crippen molar-refractivity contribution in [2.24, 2.45) is 5.41 Å². The molecule has 2 N–H and O–H groups in total. The van der Waals surface area contributed by atoms with Crippen LogP contribution >= 0.6 is 11.6 Å². The topological polar surface area (TPSA) is 75.3 Å². The molecule has 2 rings (SSSR count). The number of alkyl halides is 3. The lowest BCUT2D eigenvalue weighted by Gasteiger charge is -2.45. The molecule has 0 atom stereocenters. The highest BCUT2D eigenvalue weighted by Crippen LogP contribution is 2.53. The van der Waals surface area contributed by atoms with Crippen molar-refractivity contribution >= 4 is 33.2 Å². The summed E-state index contributed by atoms with van der Waals surface area (Å²) in [7, 11) is -3.63. The van der Waals surface area contributed by atoms with Crippen LogP contribution < -0.4 is 10.0 Å². The molecule has 0 aromatic heterocycles. The highest BCUT2D eigenvalue weighted by Gasteiger charge is 2.56. The first-order valence-electron chi connectivity index (χ1n) is 8.87. The normalized spacial score (nSPS) is 26.0. The Balaban J connectivity index is 2.21. The minimum absolute atomic E-state index is 0.00273. The van der Waals surface area contributed by atoms with E-state index < -0.39 is 33.1 Å². The van der Waals surface area contributed by atoms with E-state index in [1.807, 2.05) is 0 Å². The highest BCUT2D eigenvalue weighted by molar-refractivity contribution is 7.92. The molecular weight excluding hydrogens is 417 g/mol. The van der Waals surface area contributed by atoms with Crippen LogP contribution in [0.1, 0.15) is 56.3 Å². The van der Waals surface area contributed by atoms with Gasteiger partial charge in [0.2, 0.25) is 10.0 Å². The molecule has 0 radical (unpaired) electrons. The minimum atomic E-state index is -4.29. The third kappa shape index (κ3) is 5.11. The number of hydrogen-bond acceptors (Lipinski definition) is 3. The summed E-state index contributed by atoms with van der Waals surface area (Å²) in [6, 6.07) is 4.13. The second-order valence-electron chi connectivity index (χ2n) is 7.71. The van der Waals surface area contributed by atoms with Gasteiger partial charge in [0.1, 0.15) is 0 Å². The summed E-state index contributed by atoms with van der Waals surface area (Å²) < 4.78 is 65.7. The van der Waals surface area contributed by atoms with Gasteiger partial charge in [0.05, 0.1) is 22.9 Å². The molecule has 0 aliphatic heterocycles. The molecule has 1 amide bonds. The fourth-order valence-electron chi connectivity index (χ4n) is 3.58. The molecule has 5 nitrogen and oxygen atoms in total. The average molecular weight is 441 g/mol. The van der Waals surface area contributed by atoms with E-state index in [-0.39, 0.29) is 48.4 Å². The number of sulfonamides is 1. The van der Waals surface area contributed by atoms with Gasteiger partial charge in [-0.1, -0.05) is 18.5 Å². The molecular formula is C18H24ClF3N2O3S. The Morgan fingerprint density at radius 2 is 1.79 bits per heavy atom. The summed E-state index contributed by atoms with van der Waals surface area (Å²) in [5.74, 6) is -0.591. The quantitative estimate of drug-likeness (QED) is 0.694. The van der Waals surface area contributed by atoms with E-state index in [1.54, 1.807) is 6.92 Å². The Hall–Kier alpha value is -1.48. The molecule has 1 aromatic rings. The monoisotopic (exact) mass is 440 g/mol. The minimum Gasteiger partial charge on any atom is -0.347 e. The lowest BCUT2D eigenvalue weighted by molar-refractivity contribution is -0.239. The van der Waals surface area contributed by atoms with Crippen LogP contribution in [-0.2, 0) is 10.0 Å². The Bertz CT molecular complexity index is 848. The smallest absolute Gasteiger partial charge is 0.347 e. The fraction of sp³-hybridized carbons (Fsp3) is 0.611. The van der Waals surface area contributed by atoms with Crippen molar-refractivity contribution in [1.82, 2.24) is 5.32 Å². The zero-order valence-corrected chi connectivity index (χ0v) is 17.5. The summed E-state index contributed by atoms with van der Waals surface area (Å²) in [6.45, 7) is 3.24. The van der Waals surface area contributed by atoms with Crippen molar-refractivity contribution in [3.63, 3.8) is 0 Å². The molecule has 158 valence electrons. The largest absolute Gasteiger partial charge is 0.394 e. The third-order valence-electron chi connectivity index (χ3n) is 5.53. The van der Waals surface area contributed by atoms with Gasteiger partial charge in [0.25, 0.3) is 5.91 Å². The maximum Gasteiger partial charge on any atom is 0.394 e. The zero-order valence-electron chi connectivity index (χ0n) is 15.9. The van der Waals surface area contributed by atoms with Crippen molar-refractivity contribution in [3.05, 3.63) is 28.8 Å². The van der Waals surface area contributed by atoms with Gasteiger partial charge in [0, 0.05) is 10.6 Å². The van der Waals surface area contributed by atoms with Crippen molar-refractivity contribution < 1.29 is 26.4 Å². The first kappa shape index (κ1) is 22.8. The number of carbonyl (C=O) groups excluding carboxylic acids is 1. The van der Waals surface area contributed by atoms with Crippen LogP contribution in [0.5, 0.6) is 0 Å². The molecule has 10 heteroatoms. The van der Waals surface area contributed by atoms with Gasteiger partial charge in [0.15, 0.2) is 0 Å². The SMILES string of the molecule is CCC1(C(F)(F)F)CCC(C)(NC(=O)c2cc(Cl)ccc2NS(C)(=O)=O)CC1. The standard InChI is InChI=1S/C18H24ClF3N2O3S/c1-4-17(18(20,21)22)9-7-16(2,8-10-17)23-15(25)13-11-12(19)5-6-14(13)24-28(3,26)27/h5-6,11,24H,4,7-10H2,1-3H3,(H,23,25). The molecule has 0 spiro atoms. The molecule has 1 fully saturated rings. The van der Waals surface area contributed by atoms with Gasteiger partial charge in [-0.05, 0) is 57.2 Å². The average Bonchev–Trinajstić information content (AvgIpc) is 2.55. The van der Waals surface area contributed by atoms with Crippen LogP contribution in [0.4, 0.5) is 18.9 Å². The molecule has 1 aromatic carbocycles. The number of nitrogens with one attached hydrogen (secondary N) is 2.